The SMILES string of the molecule is CC(C)CCc1[nH]c2c(Cl)c(Cl)cc(C(F)F)c2c1C(C)C.COc1cnc(C(C)=O)nc1. The van der Waals surface area contributed by atoms with Crippen LogP contribution in [0.2, 0.25) is 10.0 Å². The number of alkyl halides is 2. The summed E-state index contributed by atoms with van der Waals surface area (Å²) < 4.78 is 31.7. The van der Waals surface area contributed by atoms with Gasteiger partial charge in [-0.1, -0.05) is 50.9 Å². The van der Waals surface area contributed by atoms with Crippen molar-refractivity contribution in [3.63, 3.8) is 0 Å². The summed E-state index contributed by atoms with van der Waals surface area (Å²) in [7, 11) is 1.52. The van der Waals surface area contributed by atoms with Crippen LogP contribution in [0.15, 0.2) is 18.5 Å². The van der Waals surface area contributed by atoms with Gasteiger partial charge in [0.15, 0.2) is 17.4 Å². The predicted octanol–water partition coefficient (Wildman–Crippen LogP) is 7.81. The van der Waals surface area contributed by atoms with Gasteiger partial charge < -0.3 is 9.72 Å². The van der Waals surface area contributed by atoms with E-state index in [4.69, 9.17) is 27.9 Å². The molecule has 180 valence electrons. The van der Waals surface area contributed by atoms with Crippen molar-refractivity contribution in [2.75, 3.05) is 7.11 Å². The Labute approximate surface area is 202 Å². The molecule has 0 atom stereocenters. The Bertz CT molecular complexity index is 1100. The summed E-state index contributed by atoms with van der Waals surface area (Å²) in [5.74, 6) is 1.29. The van der Waals surface area contributed by atoms with Crippen molar-refractivity contribution in [3.05, 3.63) is 51.2 Å². The number of nitrogens with one attached hydrogen (secondary N) is 1. The van der Waals surface area contributed by atoms with E-state index in [-0.39, 0.29) is 28.1 Å². The van der Waals surface area contributed by atoms with Gasteiger partial charge in [-0.3, -0.25) is 4.79 Å². The molecule has 1 N–H and O–H groups in total. The lowest BCUT2D eigenvalue weighted by atomic mass is 9.93. The van der Waals surface area contributed by atoms with Crippen LogP contribution in [0, 0.1) is 5.92 Å². The van der Waals surface area contributed by atoms with E-state index in [1.54, 1.807) is 0 Å². The molecule has 0 unspecified atom stereocenters. The second kappa shape index (κ2) is 11.7. The Balaban J connectivity index is 0.000000294. The topological polar surface area (TPSA) is 67.9 Å². The number of benzene rings is 1. The zero-order valence-electron chi connectivity index (χ0n) is 19.6. The molecule has 0 spiro atoms. The summed E-state index contributed by atoms with van der Waals surface area (Å²) in [5, 5.41) is 1.02. The van der Waals surface area contributed by atoms with E-state index >= 15 is 0 Å². The number of H-pyrrole nitrogens is 1. The van der Waals surface area contributed by atoms with E-state index in [0.717, 1.165) is 24.1 Å². The highest BCUT2D eigenvalue weighted by Crippen LogP contribution is 2.42. The monoisotopic (exact) mass is 499 g/mol. The molecule has 33 heavy (non-hydrogen) atoms. The lowest BCUT2D eigenvalue weighted by molar-refractivity contribution is 0.100. The molecule has 0 saturated heterocycles. The number of hydrogen-bond acceptors (Lipinski definition) is 4. The van der Waals surface area contributed by atoms with Crippen molar-refractivity contribution < 1.29 is 18.3 Å². The Morgan fingerprint density at radius 3 is 2.21 bits per heavy atom. The van der Waals surface area contributed by atoms with Crippen LogP contribution in [0.25, 0.3) is 10.9 Å². The van der Waals surface area contributed by atoms with Crippen molar-refractivity contribution >= 4 is 39.9 Å². The maximum Gasteiger partial charge on any atom is 0.264 e. The molecular formula is C24H29Cl2F2N3O2. The van der Waals surface area contributed by atoms with E-state index < -0.39 is 6.43 Å². The predicted molar refractivity (Wildman–Crippen MR) is 129 cm³/mol. The maximum absolute atomic E-state index is 13.5. The third kappa shape index (κ3) is 6.64. The number of methoxy groups -OCH3 is 1. The van der Waals surface area contributed by atoms with Crippen molar-refractivity contribution in [3.8, 4) is 5.75 Å². The van der Waals surface area contributed by atoms with Crippen LogP contribution >= 0.6 is 23.2 Å². The molecule has 0 aliphatic rings. The molecular weight excluding hydrogens is 471 g/mol. The molecule has 0 fully saturated rings. The Morgan fingerprint density at radius 2 is 1.76 bits per heavy atom. The highest BCUT2D eigenvalue weighted by atomic mass is 35.5. The number of halogens is 4. The van der Waals surface area contributed by atoms with Gasteiger partial charge in [-0.2, -0.15) is 0 Å². The van der Waals surface area contributed by atoms with E-state index in [2.05, 4.69) is 28.8 Å². The number of fused-ring (bicyclic) bond motifs is 1. The van der Waals surface area contributed by atoms with Gasteiger partial charge in [-0.15, -0.1) is 0 Å². The summed E-state index contributed by atoms with van der Waals surface area (Å²) in [5.41, 5.74) is 2.42. The molecule has 1 aromatic carbocycles. The number of nitrogens with zero attached hydrogens (tertiary/aromatic N) is 2. The Morgan fingerprint density at radius 1 is 1.15 bits per heavy atom. The highest BCUT2D eigenvalue weighted by Gasteiger charge is 2.24. The second-order valence-corrected chi connectivity index (χ2v) is 9.20. The molecule has 0 aliphatic carbocycles. The molecule has 0 bridgehead atoms. The standard InChI is InChI=1S/C17H21Cl2F2N.C7H8N2O2/c1-8(2)5-6-12-13(9(3)4)14-10(17(20)21)7-11(18)15(19)16(14)22-12;1-5(10)7-8-3-6(11-2)4-9-7/h7-9,17,22H,5-6H2,1-4H3;3-4H,1-2H3. The first-order valence-electron chi connectivity index (χ1n) is 10.6. The first kappa shape index (κ1) is 27.0. The number of ketones is 1. The van der Waals surface area contributed by atoms with Crippen molar-refractivity contribution in [1.82, 2.24) is 15.0 Å². The van der Waals surface area contributed by atoms with E-state index in [9.17, 15) is 13.6 Å². The van der Waals surface area contributed by atoms with Crippen molar-refractivity contribution in [2.24, 2.45) is 5.92 Å². The summed E-state index contributed by atoms with van der Waals surface area (Å²) in [4.78, 5) is 21.5. The van der Waals surface area contributed by atoms with Gasteiger partial charge in [0.25, 0.3) is 6.43 Å². The first-order valence-corrected chi connectivity index (χ1v) is 11.4. The zero-order valence-corrected chi connectivity index (χ0v) is 21.1. The Hall–Kier alpha value is -2.25. The van der Waals surface area contributed by atoms with Gasteiger partial charge in [0.2, 0.25) is 0 Å². The normalized spacial score (nSPS) is 11.3. The fourth-order valence-electron chi connectivity index (χ4n) is 3.47. The van der Waals surface area contributed by atoms with E-state index in [1.165, 1.54) is 32.5 Å². The van der Waals surface area contributed by atoms with Crippen LogP contribution < -0.4 is 4.74 Å². The molecule has 5 nitrogen and oxygen atoms in total. The van der Waals surface area contributed by atoms with Crippen molar-refractivity contribution in [2.45, 2.75) is 59.8 Å². The molecule has 0 aliphatic heterocycles. The van der Waals surface area contributed by atoms with Gasteiger partial charge in [-0.25, -0.2) is 18.7 Å². The molecule has 2 aromatic heterocycles. The van der Waals surface area contributed by atoms with Crippen LogP contribution in [0.5, 0.6) is 5.75 Å². The number of hydrogen-bond donors (Lipinski definition) is 1. The number of carbonyl (C=O) groups excluding carboxylic acids is 1. The fraction of sp³-hybridized carbons (Fsp3) is 0.458. The molecule has 0 amide bonds. The van der Waals surface area contributed by atoms with Crippen molar-refractivity contribution in [1.29, 1.82) is 0 Å². The molecule has 0 saturated carbocycles. The number of carbonyl (C=O) groups is 1. The van der Waals surface area contributed by atoms with Crippen LogP contribution in [-0.2, 0) is 6.42 Å². The molecule has 0 radical (unpaired) electrons. The first-order chi connectivity index (χ1) is 15.5. The maximum atomic E-state index is 13.5. The lowest BCUT2D eigenvalue weighted by Crippen LogP contribution is -2.00. The number of aromatic amines is 1. The van der Waals surface area contributed by atoms with E-state index in [1.807, 2.05) is 13.8 Å². The minimum Gasteiger partial charge on any atom is -0.494 e. The highest BCUT2D eigenvalue weighted by molar-refractivity contribution is 6.45. The van der Waals surface area contributed by atoms with Gasteiger partial charge in [0.05, 0.1) is 35.1 Å². The number of aromatic nitrogens is 3. The van der Waals surface area contributed by atoms with Crippen LogP contribution in [0.3, 0.4) is 0 Å². The number of rotatable bonds is 7. The quantitative estimate of drug-likeness (QED) is 0.336. The minimum atomic E-state index is -2.58. The largest absolute Gasteiger partial charge is 0.494 e. The summed E-state index contributed by atoms with van der Waals surface area (Å²) >= 11 is 12.3. The van der Waals surface area contributed by atoms with E-state index in [0.29, 0.717) is 27.6 Å². The third-order valence-electron chi connectivity index (χ3n) is 5.08. The average molecular weight is 500 g/mol. The Kier molecular flexibility index (Phi) is 9.61. The van der Waals surface area contributed by atoms with Gasteiger partial charge in [0, 0.05) is 23.6 Å². The minimum absolute atomic E-state index is 0.0415. The van der Waals surface area contributed by atoms with Crippen LogP contribution in [-0.4, -0.2) is 27.8 Å². The fourth-order valence-corrected chi connectivity index (χ4v) is 3.87. The molecule has 3 aromatic rings. The van der Waals surface area contributed by atoms with Crippen LogP contribution in [0.1, 0.15) is 80.8 Å². The van der Waals surface area contributed by atoms with Gasteiger partial charge in [0.1, 0.15) is 0 Å². The van der Waals surface area contributed by atoms with Gasteiger partial charge in [-0.05, 0) is 36.3 Å². The summed E-state index contributed by atoms with van der Waals surface area (Å²) in [6.07, 6.45) is 2.15. The van der Waals surface area contributed by atoms with Crippen LogP contribution in [0.4, 0.5) is 8.78 Å². The lowest BCUT2D eigenvalue weighted by Gasteiger charge is -2.12. The second-order valence-electron chi connectivity index (χ2n) is 8.42. The number of aryl methyl sites for hydroxylation is 1. The number of Topliss-reactive ketones (excluding diaryl/α,β-unsaturated/α-hetero) is 1. The van der Waals surface area contributed by atoms with Gasteiger partial charge >= 0.3 is 0 Å². The molecule has 3 rings (SSSR count). The number of ether oxygens (including phenoxy) is 1. The summed E-state index contributed by atoms with van der Waals surface area (Å²) in [6, 6.07) is 1.29. The third-order valence-corrected chi connectivity index (χ3v) is 5.87. The molecule has 9 heteroatoms. The average Bonchev–Trinajstić information content (AvgIpc) is 3.15. The summed E-state index contributed by atoms with van der Waals surface area (Å²) in [6.45, 7) is 9.73. The zero-order chi connectivity index (χ0) is 24.9. The smallest absolute Gasteiger partial charge is 0.264 e. The molecule has 2 heterocycles.